The number of aryl methyl sites for hydroxylation is 1. The summed E-state index contributed by atoms with van der Waals surface area (Å²) in [5.41, 5.74) is 8.17. The van der Waals surface area contributed by atoms with Crippen LogP contribution < -0.4 is 11.1 Å². The zero-order valence-corrected chi connectivity index (χ0v) is 13.0. The van der Waals surface area contributed by atoms with Crippen LogP contribution in [0.5, 0.6) is 0 Å². The first-order chi connectivity index (χ1) is 10.0. The molecule has 3 N–H and O–H groups in total. The molecule has 1 aromatic rings. The fraction of sp³-hybridized carbons (Fsp3) is 0.611. The van der Waals surface area contributed by atoms with Gasteiger partial charge in [0.2, 0.25) is 5.91 Å². The van der Waals surface area contributed by atoms with E-state index in [0.717, 1.165) is 17.4 Å². The number of hydrogen-bond donors (Lipinski definition) is 2. The third-order valence-corrected chi connectivity index (χ3v) is 5.52. The van der Waals surface area contributed by atoms with Crippen molar-refractivity contribution in [1.82, 2.24) is 5.32 Å². The third kappa shape index (κ3) is 2.98. The number of carbonyl (C=O) groups excluding carboxylic acids is 1. The summed E-state index contributed by atoms with van der Waals surface area (Å²) in [6.07, 6.45) is 5.39. The van der Waals surface area contributed by atoms with Crippen molar-refractivity contribution in [3.63, 3.8) is 0 Å². The molecule has 3 nitrogen and oxygen atoms in total. The van der Waals surface area contributed by atoms with Crippen LogP contribution in [0.1, 0.15) is 49.8 Å². The Morgan fingerprint density at radius 3 is 2.52 bits per heavy atom. The zero-order chi connectivity index (χ0) is 15.0. The molecule has 2 fully saturated rings. The minimum atomic E-state index is -0.563. The molecule has 2 aliphatic carbocycles. The van der Waals surface area contributed by atoms with Gasteiger partial charge in [0.05, 0.1) is 0 Å². The van der Waals surface area contributed by atoms with Crippen molar-refractivity contribution in [2.45, 2.75) is 51.6 Å². The van der Waals surface area contributed by atoms with Crippen molar-refractivity contribution in [3.05, 3.63) is 35.4 Å². The molecular formula is C18H26N2O. The Hall–Kier alpha value is -1.35. The Bertz CT molecular complexity index is 510. The zero-order valence-electron chi connectivity index (χ0n) is 13.0. The fourth-order valence-electron chi connectivity index (χ4n) is 4.25. The summed E-state index contributed by atoms with van der Waals surface area (Å²) < 4.78 is 0. The highest BCUT2D eigenvalue weighted by Gasteiger charge is 2.42. The second kappa shape index (κ2) is 5.80. The Labute approximate surface area is 127 Å². The fourth-order valence-corrected chi connectivity index (χ4v) is 4.25. The lowest BCUT2D eigenvalue weighted by Gasteiger charge is -2.29. The van der Waals surface area contributed by atoms with Gasteiger partial charge in [-0.3, -0.25) is 4.79 Å². The summed E-state index contributed by atoms with van der Waals surface area (Å²) in [5, 5.41) is 3.16. The molecule has 0 aliphatic heterocycles. The van der Waals surface area contributed by atoms with Gasteiger partial charge in [-0.1, -0.05) is 36.2 Å². The normalized spacial score (nSPS) is 30.1. The lowest BCUT2D eigenvalue weighted by atomic mass is 9.84. The molecule has 1 amide bonds. The highest BCUT2D eigenvalue weighted by atomic mass is 16.2. The van der Waals surface area contributed by atoms with Crippen LogP contribution in [0, 0.1) is 24.7 Å². The van der Waals surface area contributed by atoms with E-state index in [9.17, 15) is 4.79 Å². The largest absolute Gasteiger partial charge is 0.352 e. The standard InChI is InChI=1S/C18H26N2O/c1-11-3-6-14(7-4-11)17(19)18(21)20-12(2)16-10-13-5-8-15(16)9-13/h3-4,6-7,12-13,15-17H,5,8-10,19H2,1-2H3,(H,20,21). The van der Waals surface area contributed by atoms with Crippen LogP contribution >= 0.6 is 0 Å². The van der Waals surface area contributed by atoms with Crippen molar-refractivity contribution in [2.75, 3.05) is 0 Å². The molecule has 5 unspecified atom stereocenters. The van der Waals surface area contributed by atoms with Crippen LogP contribution in [-0.4, -0.2) is 11.9 Å². The molecule has 0 spiro atoms. The number of amides is 1. The summed E-state index contributed by atoms with van der Waals surface area (Å²) in [7, 11) is 0. The summed E-state index contributed by atoms with van der Waals surface area (Å²) >= 11 is 0. The summed E-state index contributed by atoms with van der Waals surface area (Å²) in [4.78, 5) is 12.4. The van der Waals surface area contributed by atoms with E-state index in [2.05, 4.69) is 12.2 Å². The average Bonchev–Trinajstić information content (AvgIpc) is 3.10. The molecule has 2 aliphatic rings. The summed E-state index contributed by atoms with van der Waals surface area (Å²) in [6, 6.07) is 7.57. The molecule has 0 heterocycles. The molecule has 21 heavy (non-hydrogen) atoms. The molecule has 2 saturated carbocycles. The lowest BCUT2D eigenvalue weighted by molar-refractivity contribution is -0.123. The number of nitrogens with two attached hydrogens (primary N) is 1. The van der Waals surface area contributed by atoms with E-state index in [1.807, 2.05) is 31.2 Å². The Morgan fingerprint density at radius 2 is 1.95 bits per heavy atom. The van der Waals surface area contributed by atoms with E-state index in [0.29, 0.717) is 5.92 Å². The lowest BCUT2D eigenvalue weighted by Crippen LogP contribution is -2.44. The van der Waals surface area contributed by atoms with E-state index in [1.165, 1.54) is 31.2 Å². The molecule has 3 heteroatoms. The number of rotatable bonds is 4. The van der Waals surface area contributed by atoms with Crippen LogP contribution in [0.15, 0.2) is 24.3 Å². The van der Waals surface area contributed by atoms with E-state index in [1.54, 1.807) is 0 Å². The number of hydrogen-bond acceptors (Lipinski definition) is 2. The molecule has 0 saturated heterocycles. The number of nitrogens with one attached hydrogen (secondary N) is 1. The number of carbonyl (C=O) groups is 1. The quantitative estimate of drug-likeness (QED) is 0.894. The Balaban J connectivity index is 1.59. The van der Waals surface area contributed by atoms with Crippen LogP contribution in [0.4, 0.5) is 0 Å². The van der Waals surface area contributed by atoms with Crippen molar-refractivity contribution in [2.24, 2.45) is 23.5 Å². The average molecular weight is 286 g/mol. The molecule has 0 radical (unpaired) electrons. The van der Waals surface area contributed by atoms with Crippen LogP contribution in [0.3, 0.4) is 0 Å². The SMILES string of the molecule is Cc1ccc(C(N)C(=O)NC(C)C2CC3CCC2C3)cc1. The Kier molecular flexibility index (Phi) is 4.03. The van der Waals surface area contributed by atoms with Gasteiger partial charge in [0.1, 0.15) is 6.04 Å². The maximum Gasteiger partial charge on any atom is 0.241 e. The van der Waals surface area contributed by atoms with Gasteiger partial charge in [-0.2, -0.15) is 0 Å². The first kappa shape index (κ1) is 14.6. The second-order valence-corrected chi connectivity index (χ2v) is 7.02. The molecule has 1 aromatic carbocycles. The van der Waals surface area contributed by atoms with Gasteiger partial charge in [-0.25, -0.2) is 0 Å². The predicted molar refractivity (Wildman–Crippen MR) is 84.7 cm³/mol. The van der Waals surface area contributed by atoms with E-state index in [4.69, 9.17) is 5.73 Å². The molecular weight excluding hydrogens is 260 g/mol. The van der Waals surface area contributed by atoms with Gasteiger partial charge in [0.15, 0.2) is 0 Å². The van der Waals surface area contributed by atoms with Gasteiger partial charge in [-0.15, -0.1) is 0 Å². The van der Waals surface area contributed by atoms with E-state index in [-0.39, 0.29) is 11.9 Å². The molecule has 0 aromatic heterocycles. The van der Waals surface area contributed by atoms with Crippen molar-refractivity contribution < 1.29 is 4.79 Å². The predicted octanol–water partition coefficient (Wildman–Crippen LogP) is 2.94. The van der Waals surface area contributed by atoms with E-state index >= 15 is 0 Å². The second-order valence-electron chi connectivity index (χ2n) is 7.02. The smallest absolute Gasteiger partial charge is 0.241 e. The Morgan fingerprint density at radius 1 is 1.24 bits per heavy atom. The van der Waals surface area contributed by atoms with Gasteiger partial charge < -0.3 is 11.1 Å². The van der Waals surface area contributed by atoms with Crippen molar-refractivity contribution >= 4 is 5.91 Å². The summed E-state index contributed by atoms with van der Waals surface area (Å²) in [5.74, 6) is 2.33. The molecule has 5 atom stereocenters. The van der Waals surface area contributed by atoms with Gasteiger partial charge in [-0.05, 0) is 56.4 Å². The maximum atomic E-state index is 12.4. The minimum Gasteiger partial charge on any atom is -0.352 e. The van der Waals surface area contributed by atoms with Gasteiger partial charge >= 0.3 is 0 Å². The molecule has 3 rings (SSSR count). The van der Waals surface area contributed by atoms with Crippen molar-refractivity contribution in [3.8, 4) is 0 Å². The third-order valence-electron chi connectivity index (χ3n) is 5.52. The van der Waals surface area contributed by atoms with Crippen molar-refractivity contribution in [1.29, 1.82) is 0 Å². The van der Waals surface area contributed by atoms with E-state index < -0.39 is 6.04 Å². The topological polar surface area (TPSA) is 55.1 Å². The number of fused-ring (bicyclic) bond motifs is 2. The van der Waals surface area contributed by atoms with Gasteiger partial charge in [0, 0.05) is 6.04 Å². The van der Waals surface area contributed by atoms with Gasteiger partial charge in [0.25, 0.3) is 0 Å². The van der Waals surface area contributed by atoms with Crippen LogP contribution in [-0.2, 0) is 4.79 Å². The monoisotopic (exact) mass is 286 g/mol. The molecule has 114 valence electrons. The highest BCUT2D eigenvalue weighted by molar-refractivity contribution is 5.83. The highest BCUT2D eigenvalue weighted by Crippen LogP contribution is 2.49. The maximum absolute atomic E-state index is 12.4. The molecule has 2 bridgehead atoms. The number of benzene rings is 1. The van der Waals surface area contributed by atoms with Crippen LogP contribution in [0.25, 0.3) is 0 Å². The summed E-state index contributed by atoms with van der Waals surface area (Å²) in [6.45, 7) is 4.18. The van der Waals surface area contributed by atoms with Crippen LogP contribution in [0.2, 0.25) is 0 Å². The minimum absolute atomic E-state index is 0.0471. The first-order valence-corrected chi connectivity index (χ1v) is 8.17. The first-order valence-electron chi connectivity index (χ1n) is 8.17.